The van der Waals surface area contributed by atoms with Crippen molar-refractivity contribution in [2.75, 3.05) is 32.7 Å². The van der Waals surface area contributed by atoms with Crippen LogP contribution in [0, 0.1) is 0 Å². The van der Waals surface area contributed by atoms with Gasteiger partial charge < -0.3 is 14.2 Å². The first-order valence-corrected chi connectivity index (χ1v) is 9.48. The van der Waals surface area contributed by atoms with Crippen molar-refractivity contribution in [1.29, 1.82) is 0 Å². The van der Waals surface area contributed by atoms with Crippen LogP contribution in [-0.2, 0) is 11.3 Å². The molecular weight excluding hydrogens is 344 g/mol. The van der Waals surface area contributed by atoms with Crippen LogP contribution < -0.4 is 0 Å². The third kappa shape index (κ3) is 3.88. The number of hydrogen-bond donors (Lipinski definition) is 0. The fraction of sp³-hybridized carbons (Fsp3) is 0.450. The molecule has 2 aliphatic rings. The van der Waals surface area contributed by atoms with Gasteiger partial charge in [0.05, 0.1) is 12.0 Å². The summed E-state index contributed by atoms with van der Waals surface area (Å²) in [4.78, 5) is 35.9. The average Bonchev–Trinajstić information content (AvgIpc) is 3.40. The lowest BCUT2D eigenvalue weighted by Gasteiger charge is -2.37. The number of amides is 2. The van der Waals surface area contributed by atoms with Gasteiger partial charge in [0.1, 0.15) is 6.04 Å². The molecule has 0 aliphatic carbocycles. The maximum absolute atomic E-state index is 13.0. The summed E-state index contributed by atoms with van der Waals surface area (Å²) in [6.45, 7) is 4.42. The summed E-state index contributed by atoms with van der Waals surface area (Å²) in [6.07, 6.45) is 4.86. The Morgan fingerprint density at radius 2 is 1.93 bits per heavy atom. The SMILES string of the molecule is O=C(C1CCCN1C(=O)c1ccco1)N1CCN(Cc2ccccn2)CC1. The Morgan fingerprint density at radius 3 is 2.63 bits per heavy atom. The van der Waals surface area contributed by atoms with Crippen LogP contribution in [0.1, 0.15) is 29.1 Å². The maximum atomic E-state index is 13.0. The van der Waals surface area contributed by atoms with Gasteiger partial charge in [-0.1, -0.05) is 6.07 Å². The van der Waals surface area contributed by atoms with E-state index in [1.165, 1.54) is 6.26 Å². The van der Waals surface area contributed by atoms with Crippen LogP contribution in [0.5, 0.6) is 0 Å². The average molecular weight is 368 g/mol. The normalized spacial score (nSPS) is 20.8. The number of rotatable bonds is 4. The molecule has 2 fully saturated rings. The van der Waals surface area contributed by atoms with E-state index in [4.69, 9.17) is 4.42 Å². The van der Waals surface area contributed by atoms with Crippen molar-refractivity contribution in [3.05, 3.63) is 54.2 Å². The molecule has 0 bridgehead atoms. The Morgan fingerprint density at radius 1 is 1.07 bits per heavy atom. The topological polar surface area (TPSA) is 69.9 Å². The predicted octanol–water partition coefficient (Wildman–Crippen LogP) is 1.62. The van der Waals surface area contributed by atoms with E-state index in [0.29, 0.717) is 25.4 Å². The summed E-state index contributed by atoms with van der Waals surface area (Å²) in [5.41, 5.74) is 1.04. The molecule has 2 saturated heterocycles. The highest BCUT2D eigenvalue weighted by Crippen LogP contribution is 2.23. The molecule has 7 nitrogen and oxygen atoms in total. The van der Waals surface area contributed by atoms with Crippen molar-refractivity contribution in [2.45, 2.75) is 25.4 Å². The van der Waals surface area contributed by atoms with Crippen LogP contribution in [0.3, 0.4) is 0 Å². The minimum Gasteiger partial charge on any atom is -0.459 e. The van der Waals surface area contributed by atoms with Gasteiger partial charge >= 0.3 is 0 Å². The predicted molar refractivity (Wildman–Crippen MR) is 98.9 cm³/mol. The van der Waals surface area contributed by atoms with E-state index in [0.717, 1.165) is 38.2 Å². The molecule has 1 unspecified atom stereocenters. The Bertz CT molecular complexity index is 770. The maximum Gasteiger partial charge on any atom is 0.290 e. The molecule has 2 amide bonds. The first-order chi connectivity index (χ1) is 13.2. The largest absolute Gasteiger partial charge is 0.459 e. The summed E-state index contributed by atoms with van der Waals surface area (Å²) in [6, 6.07) is 8.91. The first-order valence-electron chi connectivity index (χ1n) is 9.48. The smallest absolute Gasteiger partial charge is 0.290 e. The summed E-state index contributed by atoms with van der Waals surface area (Å²) in [5, 5.41) is 0. The van der Waals surface area contributed by atoms with E-state index >= 15 is 0 Å². The van der Waals surface area contributed by atoms with Gasteiger partial charge in [0.2, 0.25) is 5.91 Å². The number of pyridine rings is 1. The summed E-state index contributed by atoms with van der Waals surface area (Å²) >= 11 is 0. The van der Waals surface area contributed by atoms with E-state index in [2.05, 4.69) is 9.88 Å². The van der Waals surface area contributed by atoms with Crippen LogP contribution >= 0.6 is 0 Å². The fourth-order valence-corrected chi connectivity index (χ4v) is 3.87. The highest BCUT2D eigenvalue weighted by molar-refractivity contribution is 5.96. The molecule has 4 rings (SSSR count). The zero-order valence-electron chi connectivity index (χ0n) is 15.3. The molecule has 0 saturated carbocycles. The summed E-state index contributed by atoms with van der Waals surface area (Å²) < 4.78 is 5.22. The lowest BCUT2D eigenvalue weighted by Crippen LogP contribution is -2.54. The Kier molecular flexibility index (Phi) is 5.20. The number of nitrogens with zero attached hydrogens (tertiary/aromatic N) is 4. The van der Waals surface area contributed by atoms with E-state index in [1.807, 2.05) is 23.1 Å². The highest BCUT2D eigenvalue weighted by Gasteiger charge is 2.38. The molecule has 0 radical (unpaired) electrons. The van der Waals surface area contributed by atoms with Gasteiger partial charge in [-0.05, 0) is 37.1 Å². The lowest BCUT2D eigenvalue weighted by atomic mass is 10.1. The highest BCUT2D eigenvalue weighted by atomic mass is 16.3. The molecule has 27 heavy (non-hydrogen) atoms. The third-order valence-electron chi connectivity index (χ3n) is 5.33. The number of carbonyl (C=O) groups is 2. The van der Waals surface area contributed by atoms with Crippen molar-refractivity contribution in [2.24, 2.45) is 0 Å². The third-order valence-corrected chi connectivity index (χ3v) is 5.33. The summed E-state index contributed by atoms with van der Waals surface area (Å²) in [5.74, 6) is 0.171. The van der Waals surface area contributed by atoms with Crippen LogP contribution in [-0.4, -0.2) is 70.3 Å². The second-order valence-electron chi connectivity index (χ2n) is 7.06. The van der Waals surface area contributed by atoms with Crippen LogP contribution in [0.4, 0.5) is 0 Å². The molecule has 4 heterocycles. The molecule has 142 valence electrons. The van der Waals surface area contributed by atoms with Crippen LogP contribution in [0.2, 0.25) is 0 Å². The van der Waals surface area contributed by atoms with Gasteiger partial charge in [-0.3, -0.25) is 19.5 Å². The lowest BCUT2D eigenvalue weighted by molar-refractivity contribution is -0.137. The van der Waals surface area contributed by atoms with Crippen molar-refractivity contribution < 1.29 is 14.0 Å². The minimum atomic E-state index is -0.370. The zero-order valence-corrected chi connectivity index (χ0v) is 15.3. The number of aromatic nitrogens is 1. The van der Waals surface area contributed by atoms with Gasteiger partial charge in [0.25, 0.3) is 5.91 Å². The quantitative estimate of drug-likeness (QED) is 0.820. The molecule has 2 aromatic rings. The Labute approximate surface area is 158 Å². The summed E-state index contributed by atoms with van der Waals surface area (Å²) in [7, 11) is 0. The number of furan rings is 1. The Balaban J connectivity index is 1.34. The number of likely N-dealkylation sites (tertiary alicyclic amines) is 1. The molecule has 0 N–H and O–H groups in total. The van der Waals surface area contributed by atoms with Crippen molar-refractivity contribution in [3.8, 4) is 0 Å². The minimum absolute atomic E-state index is 0.0601. The van der Waals surface area contributed by atoms with Crippen molar-refractivity contribution in [1.82, 2.24) is 19.7 Å². The number of piperazine rings is 1. The fourth-order valence-electron chi connectivity index (χ4n) is 3.87. The van der Waals surface area contributed by atoms with Crippen molar-refractivity contribution >= 4 is 11.8 Å². The molecular formula is C20H24N4O3. The molecule has 1 atom stereocenters. The van der Waals surface area contributed by atoms with Crippen LogP contribution in [0.15, 0.2) is 47.2 Å². The number of hydrogen-bond acceptors (Lipinski definition) is 5. The van der Waals surface area contributed by atoms with E-state index in [9.17, 15) is 9.59 Å². The molecule has 2 aliphatic heterocycles. The molecule has 2 aromatic heterocycles. The van der Waals surface area contributed by atoms with Gasteiger partial charge in [0, 0.05) is 45.5 Å². The van der Waals surface area contributed by atoms with Gasteiger partial charge in [-0.25, -0.2) is 0 Å². The standard InChI is InChI=1S/C20H24N4O3/c25-19(17-6-3-9-24(17)20(26)18-7-4-14-27-18)23-12-10-22(11-13-23)15-16-5-1-2-8-21-16/h1-2,4-5,7-8,14,17H,3,6,9-13,15H2. The second kappa shape index (κ2) is 7.92. The zero-order chi connectivity index (χ0) is 18.6. The first kappa shape index (κ1) is 17.7. The Hall–Kier alpha value is -2.67. The van der Waals surface area contributed by atoms with Gasteiger partial charge in [-0.15, -0.1) is 0 Å². The molecule has 7 heteroatoms. The van der Waals surface area contributed by atoms with Gasteiger partial charge in [-0.2, -0.15) is 0 Å². The second-order valence-corrected chi connectivity index (χ2v) is 7.06. The molecule has 0 aromatic carbocycles. The van der Waals surface area contributed by atoms with Crippen LogP contribution in [0.25, 0.3) is 0 Å². The van der Waals surface area contributed by atoms with Crippen molar-refractivity contribution in [3.63, 3.8) is 0 Å². The van der Waals surface area contributed by atoms with E-state index in [-0.39, 0.29) is 17.9 Å². The van der Waals surface area contributed by atoms with E-state index < -0.39 is 0 Å². The van der Waals surface area contributed by atoms with E-state index in [1.54, 1.807) is 23.2 Å². The molecule has 0 spiro atoms. The monoisotopic (exact) mass is 368 g/mol. The van der Waals surface area contributed by atoms with Gasteiger partial charge in [0.15, 0.2) is 5.76 Å². The number of carbonyl (C=O) groups excluding carboxylic acids is 2.